The van der Waals surface area contributed by atoms with Crippen molar-refractivity contribution in [1.29, 1.82) is 0 Å². The summed E-state index contributed by atoms with van der Waals surface area (Å²) in [7, 11) is -2.35. The maximum atomic E-state index is 13.1. The first-order valence-electron chi connectivity index (χ1n) is 9.44. The van der Waals surface area contributed by atoms with Crippen molar-refractivity contribution in [1.82, 2.24) is 15.1 Å². The average molecular weight is 422 g/mol. The van der Waals surface area contributed by atoms with E-state index >= 15 is 0 Å². The van der Waals surface area contributed by atoms with Crippen LogP contribution in [-0.2, 0) is 10.0 Å². The van der Waals surface area contributed by atoms with E-state index in [1.54, 1.807) is 48.7 Å². The fourth-order valence-corrected chi connectivity index (χ4v) is 4.55. The van der Waals surface area contributed by atoms with E-state index in [0.717, 1.165) is 12.8 Å². The van der Waals surface area contributed by atoms with E-state index in [1.807, 2.05) is 0 Å². The molecule has 9 heteroatoms. The number of nitrogens with zero attached hydrogens (tertiary/aromatic N) is 3. The Bertz CT molecular complexity index is 1350. The fourth-order valence-electron chi connectivity index (χ4n) is 3.30. The van der Waals surface area contributed by atoms with Gasteiger partial charge in [0.2, 0.25) is 0 Å². The number of aromatic nitrogens is 3. The first-order valence-corrected chi connectivity index (χ1v) is 10.9. The second-order valence-electron chi connectivity index (χ2n) is 7.08. The molecule has 2 heterocycles. The smallest absolute Gasteiger partial charge is 0.262 e. The lowest BCUT2D eigenvalue weighted by atomic mass is 10.2. The Morgan fingerprint density at radius 3 is 2.80 bits per heavy atom. The Morgan fingerprint density at radius 1 is 1.13 bits per heavy atom. The van der Waals surface area contributed by atoms with Gasteiger partial charge in [-0.15, -0.1) is 0 Å². The lowest BCUT2D eigenvalue weighted by Gasteiger charge is -2.12. The summed E-state index contributed by atoms with van der Waals surface area (Å²) in [4.78, 5) is 8.80. The van der Waals surface area contributed by atoms with Crippen LogP contribution in [0.1, 0.15) is 24.6 Å². The van der Waals surface area contributed by atoms with Crippen molar-refractivity contribution in [3.8, 4) is 17.2 Å². The van der Waals surface area contributed by atoms with E-state index in [4.69, 9.17) is 9.26 Å². The van der Waals surface area contributed by atoms with Crippen LogP contribution >= 0.6 is 0 Å². The number of anilines is 1. The zero-order valence-electron chi connectivity index (χ0n) is 16.1. The third kappa shape index (κ3) is 3.37. The second-order valence-corrected chi connectivity index (χ2v) is 8.73. The Balaban J connectivity index is 1.49. The average Bonchev–Trinajstić information content (AvgIpc) is 3.49. The van der Waals surface area contributed by atoms with Crippen molar-refractivity contribution in [3.05, 3.63) is 60.6 Å². The molecule has 0 bridgehead atoms. The van der Waals surface area contributed by atoms with Gasteiger partial charge in [-0.25, -0.2) is 8.42 Å². The molecule has 0 amide bonds. The lowest BCUT2D eigenvalue weighted by molar-refractivity contribution is 0.418. The molecule has 1 saturated carbocycles. The van der Waals surface area contributed by atoms with Crippen LogP contribution in [0.5, 0.6) is 5.75 Å². The van der Waals surface area contributed by atoms with Gasteiger partial charge < -0.3 is 9.26 Å². The van der Waals surface area contributed by atoms with Gasteiger partial charge in [0.25, 0.3) is 15.9 Å². The molecule has 1 fully saturated rings. The van der Waals surface area contributed by atoms with E-state index in [-0.39, 0.29) is 4.90 Å². The standard InChI is InChI=1S/C21H18N4O4S/c1-28-17-9-10-18(16-6-3-11-22-19(16)17)30(26,27)25-15-5-2-4-14(12-15)21-23-20(24-29-21)13-7-8-13/h2-6,9-13,25H,7-8H2,1H3. The summed E-state index contributed by atoms with van der Waals surface area (Å²) in [5, 5.41) is 4.49. The van der Waals surface area contributed by atoms with Gasteiger partial charge in [0, 0.05) is 28.8 Å². The highest BCUT2D eigenvalue weighted by Gasteiger charge is 2.29. The Labute approximate surface area is 173 Å². The molecule has 2 aromatic carbocycles. The van der Waals surface area contributed by atoms with Crippen LogP contribution in [0.4, 0.5) is 5.69 Å². The first kappa shape index (κ1) is 18.6. The molecule has 4 aromatic rings. The van der Waals surface area contributed by atoms with Crippen LogP contribution in [-0.4, -0.2) is 30.7 Å². The highest BCUT2D eigenvalue weighted by atomic mass is 32.2. The molecule has 0 spiro atoms. The highest BCUT2D eigenvalue weighted by Crippen LogP contribution is 2.39. The van der Waals surface area contributed by atoms with Crippen molar-refractivity contribution in [3.63, 3.8) is 0 Å². The second kappa shape index (κ2) is 7.10. The fraction of sp³-hybridized carbons (Fsp3) is 0.190. The minimum Gasteiger partial charge on any atom is -0.494 e. The number of ether oxygens (including phenoxy) is 1. The van der Waals surface area contributed by atoms with Crippen molar-refractivity contribution >= 4 is 26.6 Å². The number of hydrogen-bond donors (Lipinski definition) is 1. The minimum absolute atomic E-state index is 0.116. The summed E-state index contributed by atoms with van der Waals surface area (Å²) in [5.74, 6) is 1.96. The molecule has 1 N–H and O–H groups in total. The molecule has 152 valence electrons. The van der Waals surface area contributed by atoms with Crippen molar-refractivity contribution in [2.75, 3.05) is 11.8 Å². The number of pyridine rings is 1. The van der Waals surface area contributed by atoms with Crippen molar-refractivity contribution in [2.45, 2.75) is 23.7 Å². The molecule has 0 saturated heterocycles. The van der Waals surface area contributed by atoms with E-state index in [0.29, 0.717) is 45.5 Å². The predicted octanol–water partition coefficient (Wildman–Crippen LogP) is 3.97. The van der Waals surface area contributed by atoms with E-state index in [9.17, 15) is 8.42 Å². The minimum atomic E-state index is -3.87. The molecule has 2 aromatic heterocycles. The lowest BCUT2D eigenvalue weighted by Crippen LogP contribution is -2.13. The topological polar surface area (TPSA) is 107 Å². The number of hydrogen-bond acceptors (Lipinski definition) is 7. The first-order chi connectivity index (χ1) is 14.5. The predicted molar refractivity (Wildman–Crippen MR) is 111 cm³/mol. The van der Waals surface area contributed by atoms with Gasteiger partial charge in [-0.1, -0.05) is 11.2 Å². The Kier molecular flexibility index (Phi) is 4.39. The molecular weight excluding hydrogens is 404 g/mol. The third-order valence-electron chi connectivity index (χ3n) is 4.95. The normalized spacial score (nSPS) is 14.0. The van der Waals surface area contributed by atoms with Crippen LogP contribution in [0, 0.1) is 0 Å². The molecule has 5 rings (SSSR count). The van der Waals surface area contributed by atoms with Crippen LogP contribution < -0.4 is 9.46 Å². The largest absolute Gasteiger partial charge is 0.494 e. The summed E-state index contributed by atoms with van der Waals surface area (Å²) in [6, 6.07) is 13.4. The Hall–Kier alpha value is -3.46. The van der Waals surface area contributed by atoms with Gasteiger partial charge in [0.15, 0.2) is 5.82 Å². The van der Waals surface area contributed by atoms with Gasteiger partial charge in [-0.3, -0.25) is 9.71 Å². The molecular formula is C21H18N4O4S. The zero-order chi connectivity index (χ0) is 20.7. The quantitative estimate of drug-likeness (QED) is 0.501. The number of nitrogens with one attached hydrogen (secondary N) is 1. The summed E-state index contributed by atoms with van der Waals surface area (Å²) in [6.45, 7) is 0. The molecule has 8 nitrogen and oxygen atoms in total. The number of rotatable bonds is 6. The summed E-state index contributed by atoms with van der Waals surface area (Å²) in [5.41, 5.74) is 1.53. The zero-order valence-corrected chi connectivity index (χ0v) is 16.9. The molecule has 0 radical (unpaired) electrons. The van der Waals surface area contributed by atoms with E-state index < -0.39 is 10.0 Å². The van der Waals surface area contributed by atoms with Gasteiger partial charge in [0.05, 0.1) is 12.0 Å². The van der Waals surface area contributed by atoms with E-state index in [2.05, 4.69) is 19.8 Å². The molecule has 30 heavy (non-hydrogen) atoms. The SMILES string of the molecule is COc1ccc(S(=O)(=O)Nc2cccc(-c3nc(C4CC4)no3)c2)c2cccnc12. The molecule has 1 aliphatic carbocycles. The maximum absolute atomic E-state index is 13.1. The monoisotopic (exact) mass is 422 g/mol. The molecule has 0 unspecified atom stereocenters. The van der Waals surface area contributed by atoms with Crippen LogP contribution in [0.3, 0.4) is 0 Å². The number of sulfonamides is 1. The molecule has 0 aliphatic heterocycles. The van der Waals surface area contributed by atoms with Gasteiger partial charge in [-0.05, 0) is 55.3 Å². The Morgan fingerprint density at radius 2 is 2.00 bits per heavy atom. The number of methoxy groups -OCH3 is 1. The molecule has 0 atom stereocenters. The number of benzene rings is 2. The maximum Gasteiger partial charge on any atom is 0.262 e. The highest BCUT2D eigenvalue weighted by molar-refractivity contribution is 7.93. The van der Waals surface area contributed by atoms with Crippen LogP contribution in [0.2, 0.25) is 0 Å². The third-order valence-corrected chi connectivity index (χ3v) is 6.39. The van der Waals surface area contributed by atoms with Crippen molar-refractivity contribution in [2.24, 2.45) is 0 Å². The molecule has 1 aliphatic rings. The summed E-state index contributed by atoms with van der Waals surface area (Å²) < 4.78 is 39.5. The summed E-state index contributed by atoms with van der Waals surface area (Å²) >= 11 is 0. The van der Waals surface area contributed by atoms with E-state index in [1.165, 1.54) is 13.2 Å². The number of fused-ring (bicyclic) bond motifs is 1. The van der Waals surface area contributed by atoms with Gasteiger partial charge in [-0.2, -0.15) is 4.98 Å². The van der Waals surface area contributed by atoms with Crippen LogP contribution in [0.25, 0.3) is 22.4 Å². The van der Waals surface area contributed by atoms with Gasteiger partial charge in [0.1, 0.15) is 11.3 Å². The van der Waals surface area contributed by atoms with Crippen molar-refractivity contribution < 1.29 is 17.7 Å². The van der Waals surface area contributed by atoms with Crippen LogP contribution in [0.15, 0.2) is 64.1 Å². The van der Waals surface area contributed by atoms with Gasteiger partial charge >= 0.3 is 0 Å². The summed E-state index contributed by atoms with van der Waals surface area (Å²) in [6.07, 6.45) is 3.74.